The molecule has 0 aliphatic carbocycles. The minimum atomic E-state index is -0.472. The molecule has 0 saturated carbocycles. The number of rotatable bonds is 2. The van der Waals surface area contributed by atoms with E-state index in [1.165, 1.54) is 29.2 Å². The zero-order valence-electron chi connectivity index (χ0n) is 14.1. The standard InChI is InChI=1S/C20H18FN3O2/c21-14-7-9-15(10-8-14)24-19(25)16-17(13-5-2-1-3-6-13)22-11-4-12-23(22)18(16)20(24)26/h1-3,5-10,16-18H,4,11-12H2/t16-,17+,18-/m0/s1. The van der Waals surface area contributed by atoms with E-state index in [2.05, 4.69) is 10.0 Å². The highest BCUT2D eigenvalue weighted by molar-refractivity contribution is 6.24. The zero-order chi connectivity index (χ0) is 17.8. The molecule has 3 saturated heterocycles. The molecule has 0 N–H and O–H groups in total. The topological polar surface area (TPSA) is 43.9 Å². The van der Waals surface area contributed by atoms with Gasteiger partial charge in [0.25, 0.3) is 5.91 Å². The van der Waals surface area contributed by atoms with Crippen LogP contribution in [0.5, 0.6) is 0 Å². The van der Waals surface area contributed by atoms with Gasteiger partial charge in [-0.3, -0.25) is 9.59 Å². The average molecular weight is 351 g/mol. The van der Waals surface area contributed by atoms with E-state index in [9.17, 15) is 14.0 Å². The van der Waals surface area contributed by atoms with E-state index in [0.29, 0.717) is 5.69 Å². The minimum Gasteiger partial charge on any atom is -0.274 e. The van der Waals surface area contributed by atoms with E-state index in [1.807, 2.05) is 30.3 Å². The fourth-order valence-electron chi connectivity index (χ4n) is 4.61. The van der Waals surface area contributed by atoms with Crippen LogP contribution in [0.3, 0.4) is 0 Å². The molecule has 0 radical (unpaired) electrons. The number of halogens is 1. The summed E-state index contributed by atoms with van der Waals surface area (Å²) < 4.78 is 13.3. The number of carbonyl (C=O) groups excluding carboxylic acids is 2. The van der Waals surface area contributed by atoms with Crippen molar-refractivity contribution in [3.05, 3.63) is 66.0 Å². The predicted octanol–water partition coefficient (Wildman–Crippen LogP) is 2.36. The largest absolute Gasteiger partial charge is 0.274 e. The van der Waals surface area contributed by atoms with Gasteiger partial charge in [0.15, 0.2) is 0 Å². The second-order valence-corrected chi connectivity index (χ2v) is 6.99. The monoisotopic (exact) mass is 351 g/mol. The van der Waals surface area contributed by atoms with Crippen molar-refractivity contribution in [3.63, 3.8) is 0 Å². The molecule has 0 spiro atoms. The maximum Gasteiger partial charge on any atom is 0.253 e. The first kappa shape index (κ1) is 15.7. The molecule has 2 amide bonds. The number of amides is 2. The Labute approximate surface area is 150 Å². The lowest BCUT2D eigenvalue weighted by Crippen LogP contribution is -2.44. The van der Waals surface area contributed by atoms with Crippen LogP contribution in [0, 0.1) is 11.7 Å². The number of anilines is 1. The molecule has 3 aliphatic heterocycles. The number of hydrazine groups is 1. The average Bonchev–Trinajstić information content (AvgIpc) is 3.29. The summed E-state index contributed by atoms with van der Waals surface area (Å²) in [4.78, 5) is 27.6. The number of hydrogen-bond donors (Lipinski definition) is 0. The highest BCUT2D eigenvalue weighted by Crippen LogP contribution is 2.48. The highest BCUT2D eigenvalue weighted by atomic mass is 19.1. The Bertz CT molecular complexity index is 870. The Hall–Kier alpha value is -2.57. The van der Waals surface area contributed by atoms with Gasteiger partial charge >= 0.3 is 0 Å². The molecule has 6 heteroatoms. The van der Waals surface area contributed by atoms with Crippen molar-refractivity contribution < 1.29 is 14.0 Å². The van der Waals surface area contributed by atoms with E-state index in [-0.39, 0.29) is 23.7 Å². The van der Waals surface area contributed by atoms with Crippen LogP contribution in [0.4, 0.5) is 10.1 Å². The lowest BCUT2D eigenvalue weighted by molar-refractivity contribution is -0.126. The van der Waals surface area contributed by atoms with Crippen LogP contribution in [0.1, 0.15) is 18.0 Å². The van der Waals surface area contributed by atoms with Crippen molar-refractivity contribution in [3.8, 4) is 0 Å². The smallest absolute Gasteiger partial charge is 0.253 e. The summed E-state index contributed by atoms with van der Waals surface area (Å²) in [5.74, 6) is -1.23. The highest BCUT2D eigenvalue weighted by Gasteiger charge is 2.62. The Morgan fingerprint density at radius 2 is 1.46 bits per heavy atom. The van der Waals surface area contributed by atoms with Gasteiger partial charge in [-0.05, 0) is 36.2 Å². The molecule has 5 nitrogen and oxygen atoms in total. The summed E-state index contributed by atoms with van der Waals surface area (Å²) in [5, 5.41) is 4.24. The fourth-order valence-corrected chi connectivity index (χ4v) is 4.61. The SMILES string of the molecule is O=C1[C@@H]2[C@@H](C(=O)N1c1ccc(F)cc1)N1CCCN1[C@@H]2c1ccccc1. The number of fused-ring (bicyclic) bond motifs is 3. The molecule has 0 bridgehead atoms. The minimum absolute atomic E-state index is 0.134. The summed E-state index contributed by atoms with van der Waals surface area (Å²) >= 11 is 0. The van der Waals surface area contributed by atoms with Crippen molar-refractivity contribution in [2.24, 2.45) is 5.92 Å². The third-order valence-corrected chi connectivity index (χ3v) is 5.63. The van der Waals surface area contributed by atoms with Crippen molar-refractivity contribution in [1.29, 1.82) is 0 Å². The van der Waals surface area contributed by atoms with Gasteiger partial charge in [-0.25, -0.2) is 19.3 Å². The fraction of sp³-hybridized carbons (Fsp3) is 0.300. The molecule has 2 aromatic rings. The summed E-state index contributed by atoms with van der Waals surface area (Å²) in [6, 6.07) is 14.8. The van der Waals surface area contributed by atoms with Crippen molar-refractivity contribution in [2.75, 3.05) is 18.0 Å². The zero-order valence-corrected chi connectivity index (χ0v) is 14.1. The summed E-state index contributed by atoms with van der Waals surface area (Å²) in [7, 11) is 0. The first-order valence-corrected chi connectivity index (χ1v) is 8.88. The lowest BCUT2D eigenvalue weighted by atomic mass is 9.90. The summed E-state index contributed by atoms with van der Waals surface area (Å²) in [5.41, 5.74) is 1.49. The van der Waals surface area contributed by atoms with Crippen LogP contribution in [0.15, 0.2) is 54.6 Å². The Morgan fingerprint density at radius 3 is 2.15 bits per heavy atom. The molecule has 5 rings (SSSR count). The van der Waals surface area contributed by atoms with Crippen LogP contribution >= 0.6 is 0 Å². The quantitative estimate of drug-likeness (QED) is 0.779. The molecule has 3 heterocycles. The third kappa shape index (κ3) is 2.09. The molecule has 3 fully saturated rings. The second kappa shape index (κ2) is 5.72. The van der Waals surface area contributed by atoms with Gasteiger partial charge in [-0.2, -0.15) is 0 Å². The van der Waals surface area contributed by atoms with E-state index in [4.69, 9.17) is 0 Å². The third-order valence-electron chi connectivity index (χ3n) is 5.63. The molecule has 3 aliphatic rings. The van der Waals surface area contributed by atoms with Gasteiger partial charge in [0.2, 0.25) is 5.91 Å². The number of nitrogens with zero attached hydrogens (tertiary/aromatic N) is 3. The van der Waals surface area contributed by atoms with Crippen LogP contribution in [0.25, 0.3) is 0 Å². The molecule has 2 aromatic carbocycles. The molecule has 3 atom stereocenters. The van der Waals surface area contributed by atoms with Gasteiger partial charge in [-0.15, -0.1) is 0 Å². The predicted molar refractivity (Wildman–Crippen MR) is 93.4 cm³/mol. The number of benzene rings is 2. The lowest BCUT2D eigenvalue weighted by Gasteiger charge is -2.29. The van der Waals surface area contributed by atoms with Gasteiger partial charge in [-0.1, -0.05) is 30.3 Å². The first-order valence-electron chi connectivity index (χ1n) is 8.88. The van der Waals surface area contributed by atoms with Crippen LogP contribution in [-0.2, 0) is 9.59 Å². The van der Waals surface area contributed by atoms with Crippen LogP contribution in [-0.4, -0.2) is 41.0 Å². The first-order chi connectivity index (χ1) is 12.7. The van der Waals surface area contributed by atoms with Crippen LogP contribution < -0.4 is 4.90 Å². The summed E-state index contributed by atoms with van der Waals surface area (Å²) in [6.45, 7) is 1.63. The Kier molecular flexibility index (Phi) is 3.45. The maximum atomic E-state index is 13.3. The Morgan fingerprint density at radius 1 is 0.808 bits per heavy atom. The maximum absolute atomic E-state index is 13.3. The Balaban J connectivity index is 1.58. The number of hydrogen-bond acceptors (Lipinski definition) is 4. The molecule has 0 unspecified atom stereocenters. The molecular weight excluding hydrogens is 333 g/mol. The molecular formula is C20H18FN3O2. The normalized spacial score (nSPS) is 28.7. The van der Waals surface area contributed by atoms with E-state index in [1.54, 1.807) is 0 Å². The van der Waals surface area contributed by atoms with Crippen molar-refractivity contribution in [1.82, 2.24) is 10.0 Å². The van der Waals surface area contributed by atoms with E-state index < -0.39 is 12.0 Å². The van der Waals surface area contributed by atoms with Gasteiger partial charge < -0.3 is 0 Å². The second-order valence-electron chi connectivity index (χ2n) is 6.99. The van der Waals surface area contributed by atoms with Crippen molar-refractivity contribution in [2.45, 2.75) is 18.5 Å². The van der Waals surface area contributed by atoms with E-state index in [0.717, 1.165) is 25.1 Å². The van der Waals surface area contributed by atoms with Gasteiger partial charge in [0.05, 0.1) is 17.6 Å². The summed E-state index contributed by atoms with van der Waals surface area (Å²) in [6.07, 6.45) is 0.977. The number of carbonyl (C=O) groups is 2. The van der Waals surface area contributed by atoms with Gasteiger partial charge in [0, 0.05) is 13.1 Å². The molecule has 0 aromatic heterocycles. The van der Waals surface area contributed by atoms with Crippen molar-refractivity contribution >= 4 is 17.5 Å². The molecule has 132 valence electrons. The van der Waals surface area contributed by atoms with E-state index >= 15 is 0 Å². The number of imide groups is 1. The molecule has 26 heavy (non-hydrogen) atoms. The van der Waals surface area contributed by atoms with Crippen LogP contribution in [0.2, 0.25) is 0 Å². The van der Waals surface area contributed by atoms with Gasteiger partial charge in [0.1, 0.15) is 11.9 Å².